The molecule has 9 aromatic carbocycles. The van der Waals surface area contributed by atoms with Crippen LogP contribution >= 0.6 is 11.3 Å². The Morgan fingerprint density at radius 2 is 1.18 bits per heavy atom. The van der Waals surface area contributed by atoms with E-state index in [4.69, 9.17) is 4.42 Å². The average molecular weight is 733 g/mol. The number of nitrogens with zero attached hydrogens (tertiary/aromatic N) is 2. The predicted octanol–water partition coefficient (Wildman–Crippen LogP) is 15.3. The van der Waals surface area contributed by atoms with Gasteiger partial charge in [-0.05, 0) is 70.9 Å². The molecule has 0 aliphatic rings. The topological polar surface area (TPSA) is 21.3 Å². The minimum Gasteiger partial charge on any atom is -0.456 e. The summed E-state index contributed by atoms with van der Waals surface area (Å²) in [6.45, 7) is 0. The Labute approximate surface area is 326 Å². The van der Waals surface area contributed by atoms with E-state index < -0.39 is 0 Å². The fraction of sp³-hybridized carbons (Fsp3) is 0. The van der Waals surface area contributed by atoms with Crippen molar-refractivity contribution in [2.24, 2.45) is 0 Å². The molecular weight excluding hydrogens is 701 g/mol. The molecule has 262 valence electrons. The summed E-state index contributed by atoms with van der Waals surface area (Å²) < 4.78 is 11.7. The van der Waals surface area contributed by atoms with E-state index in [9.17, 15) is 0 Å². The lowest BCUT2D eigenvalue weighted by Crippen LogP contribution is -2.10. The van der Waals surface area contributed by atoms with E-state index in [1.165, 1.54) is 52.8 Å². The number of aromatic nitrogens is 1. The minimum absolute atomic E-state index is 0.880. The number of rotatable bonds is 5. The third kappa shape index (κ3) is 4.63. The largest absolute Gasteiger partial charge is 0.456 e. The van der Waals surface area contributed by atoms with E-state index >= 15 is 0 Å². The third-order valence-corrected chi connectivity index (χ3v) is 12.5. The summed E-state index contributed by atoms with van der Waals surface area (Å²) in [5.41, 5.74) is 10.8. The van der Waals surface area contributed by atoms with Crippen LogP contribution < -0.4 is 4.90 Å². The van der Waals surface area contributed by atoms with Gasteiger partial charge in [-0.25, -0.2) is 0 Å². The summed E-state index contributed by atoms with van der Waals surface area (Å²) in [6.07, 6.45) is 0. The lowest BCUT2D eigenvalue weighted by molar-refractivity contribution is 0.669. The van der Waals surface area contributed by atoms with Gasteiger partial charge in [-0.2, -0.15) is 0 Å². The van der Waals surface area contributed by atoms with Crippen LogP contribution in [0.2, 0.25) is 0 Å². The maximum atomic E-state index is 6.70. The monoisotopic (exact) mass is 732 g/mol. The third-order valence-electron chi connectivity index (χ3n) is 11.3. The summed E-state index contributed by atoms with van der Waals surface area (Å²) in [5, 5.41) is 9.65. The first-order valence-electron chi connectivity index (χ1n) is 19.0. The van der Waals surface area contributed by atoms with Crippen molar-refractivity contribution in [3.63, 3.8) is 0 Å². The van der Waals surface area contributed by atoms with Crippen molar-refractivity contribution in [3.05, 3.63) is 194 Å². The Kier molecular flexibility index (Phi) is 6.80. The van der Waals surface area contributed by atoms with Gasteiger partial charge < -0.3 is 13.9 Å². The van der Waals surface area contributed by atoms with Gasteiger partial charge in [0.15, 0.2) is 0 Å². The van der Waals surface area contributed by atoms with Crippen molar-refractivity contribution in [1.82, 2.24) is 4.57 Å². The Bertz CT molecular complexity index is 3480. The van der Waals surface area contributed by atoms with Crippen LogP contribution in [0.5, 0.6) is 0 Å². The fourth-order valence-electron chi connectivity index (χ4n) is 8.91. The standard InChI is InChI=1S/C52H32N2OS/c1-3-15-34(16-4-1)49-50-41-29-28-38(53(36-18-5-2-6-19-36)43-23-13-22-40-39-20-10-12-25-48(39)56-52(40)43)31-44(41)54(37-27-26-33-14-7-8-17-35(33)30-37)45(50)32-47-51(49)42-21-9-11-24-46(42)55-47/h1-32H. The predicted molar refractivity (Wildman–Crippen MR) is 239 cm³/mol. The van der Waals surface area contributed by atoms with Gasteiger partial charge in [0.05, 0.1) is 21.4 Å². The van der Waals surface area contributed by atoms with E-state index in [1.807, 2.05) is 11.3 Å². The van der Waals surface area contributed by atoms with Crippen LogP contribution in [0.1, 0.15) is 0 Å². The van der Waals surface area contributed by atoms with Gasteiger partial charge >= 0.3 is 0 Å². The molecule has 3 heterocycles. The smallest absolute Gasteiger partial charge is 0.138 e. The van der Waals surface area contributed by atoms with Gasteiger partial charge in [-0.3, -0.25) is 0 Å². The molecule has 0 saturated heterocycles. The van der Waals surface area contributed by atoms with E-state index in [0.717, 1.165) is 55.7 Å². The highest BCUT2D eigenvalue weighted by molar-refractivity contribution is 7.26. The summed E-state index contributed by atoms with van der Waals surface area (Å²) in [6, 6.07) is 70.2. The highest BCUT2D eigenvalue weighted by Crippen LogP contribution is 2.49. The molecule has 0 radical (unpaired) electrons. The van der Waals surface area contributed by atoms with E-state index in [0.29, 0.717) is 0 Å². The molecule has 12 rings (SSSR count). The van der Waals surface area contributed by atoms with Gasteiger partial charge in [0, 0.05) is 65.7 Å². The Morgan fingerprint density at radius 1 is 0.446 bits per heavy atom. The second-order valence-electron chi connectivity index (χ2n) is 14.5. The van der Waals surface area contributed by atoms with Gasteiger partial charge in [0.2, 0.25) is 0 Å². The molecule has 0 saturated carbocycles. The number of fused-ring (bicyclic) bond motifs is 10. The molecule has 4 heteroatoms. The first-order chi connectivity index (χ1) is 27.8. The van der Waals surface area contributed by atoms with Crippen molar-refractivity contribution < 1.29 is 4.42 Å². The molecule has 0 amide bonds. The quantitative estimate of drug-likeness (QED) is 0.176. The Hall–Kier alpha value is -7.14. The van der Waals surface area contributed by atoms with Crippen molar-refractivity contribution in [2.45, 2.75) is 0 Å². The van der Waals surface area contributed by atoms with Gasteiger partial charge in [-0.15, -0.1) is 11.3 Å². The zero-order chi connectivity index (χ0) is 36.7. The van der Waals surface area contributed by atoms with Crippen molar-refractivity contribution in [3.8, 4) is 16.8 Å². The number of anilines is 3. The van der Waals surface area contributed by atoms with Crippen LogP contribution in [0.4, 0.5) is 17.1 Å². The number of thiophene rings is 1. The Morgan fingerprint density at radius 3 is 2.05 bits per heavy atom. The van der Waals surface area contributed by atoms with E-state index in [2.05, 4.69) is 204 Å². The van der Waals surface area contributed by atoms with Crippen LogP contribution in [-0.2, 0) is 0 Å². The van der Waals surface area contributed by atoms with E-state index in [-0.39, 0.29) is 0 Å². The summed E-state index contributed by atoms with van der Waals surface area (Å²) in [4.78, 5) is 2.43. The molecule has 0 aliphatic carbocycles. The van der Waals surface area contributed by atoms with E-state index in [1.54, 1.807) is 0 Å². The van der Waals surface area contributed by atoms with Crippen molar-refractivity contribution in [2.75, 3.05) is 4.90 Å². The molecule has 0 fully saturated rings. The molecule has 0 spiro atoms. The van der Waals surface area contributed by atoms with Crippen LogP contribution in [0.25, 0.3) is 91.5 Å². The summed E-state index contributed by atoms with van der Waals surface area (Å²) in [5.74, 6) is 0. The molecular formula is C52H32N2OS. The number of hydrogen-bond acceptors (Lipinski definition) is 3. The van der Waals surface area contributed by atoms with Crippen LogP contribution in [0.3, 0.4) is 0 Å². The molecule has 56 heavy (non-hydrogen) atoms. The molecule has 3 aromatic heterocycles. The van der Waals surface area contributed by atoms with Crippen LogP contribution in [0.15, 0.2) is 199 Å². The molecule has 3 nitrogen and oxygen atoms in total. The van der Waals surface area contributed by atoms with Gasteiger partial charge in [0.1, 0.15) is 11.2 Å². The molecule has 0 unspecified atom stereocenters. The molecule has 12 aromatic rings. The normalized spacial score (nSPS) is 11.9. The number of furan rings is 1. The minimum atomic E-state index is 0.880. The zero-order valence-corrected chi connectivity index (χ0v) is 31.0. The molecule has 0 atom stereocenters. The lowest BCUT2D eigenvalue weighted by Gasteiger charge is -2.26. The number of hydrogen-bond donors (Lipinski definition) is 0. The molecule has 0 aliphatic heterocycles. The number of para-hydroxylation sites is 2. The summed E-state index contributed by atoms with van der Waals surface area (Å²) >= 11 is 1.86. The second kappa shape index (κ2) is 12.2. The molecule has 0 bridgehead atoms. The van der Waals surface area contributed by atoms with Crippen LogP contribution in [0, 0.1) is 0 Å². The van der Waals surface area contributed by atoms with Gasteiger partial charge in [-0.1, -0.05) is 133 Å². The highest BCUT2D eigenvalue weighted by atomic mass is 32.1. The maximum absolute atomic E-state index is 6.70. The molecule has 0 N–H and O–H groups in total. The van der Waals surface area contributed by atoms with Crippen molar-refractivity contribution >= 4 is 103 Å². The summed E-state index contributed by atoms with van der Waals surface area (Å²) in [7, 11) is 0. The lowest BCUT2D eigenvalue weighted by atomic mass is 9.94. The first kappa shape index (κ1) is 31.2. The number of benzene rings is 9. The Balaban J connectivity index is 1.22. The second-order valence-corrected chi connectivity index (χ2v) is 15.5. The van der Waals surface area contributed by atoms with Crippen LogP contribution in [-0.4, -0.2) is 4.57 Å². The maximum Gasteiger partial charge on any atom is 0.138 e. The first-order valence-corrected chi connectivity index (χ1v) is 19.8. The SMILES string of the molecule is c1ccc(-c2c3c(cc4c2c2ccc(N(c5ccccc5)c5cccc6c5sc5ccccc56)cc2n4-c2ccc4ccccc4c2)oc2ccccc23)cc1. The van der Waals surface area contributed by atoms with Gasteiger partial charge in [0.25, 0.3) is 0 Å². The zero-order valence-electron chi connectivity index (χ0n) is 30.2. The fourth-order valence-corrected chi connectivity index (χ4v) is 10.1. The average Bonchev–Trinajstić information content (AvgIpc) is 3.93. The van der Waals surface area contributed by atoms with Crippen molar-refractivity contribution in [1.29, 1.82) is 0 Å². The highest BCUT2D eigenvalue weighted by Gasteiger charge is 2.25.